The van der Waals surface area contributed by atoms with Gasteiger partial charge in [0.25, 0.3) is 0 Å². The summed E-state index contributed by atoms with van der Waals surface area (Å²) in [7, 11) is -3.84. The molecule has 2 aromatic rings. The zero-order valence-electron chi connectivity index (χ0n) is 11.9. The van der Waals surface area contributed by atoms with E-state index in [2.05, 4.69) is 10.6 Å². The van der Waals surface area contributed by atoms with E-state index in [9.17, 15) is 18.0 Å². The van der Waals surface area contributed by atoms with Gasteiger partial charge in [-0.15, -0.1) is 0 Å². The summed E-state index contributed by atoms with van der Waals surface area (Å²) >= 11 is 11.8. The first-order chi connectivity index (χ1) is 11.2. The fraction of sp³-hybridized carbons (Fsp3) is 0. The molecule has 0 atom stereocenters. The van der Waals surface area contributed by atoms with Crippen LogP contribution in [0.3, 0.4) is 0 Å². The zero-order chi connectivity index (χ0) is 17.9. The molecule has 2 rings (SSSR count). The molecule has 0 unspecified atom stereocenters. The topological polar surface area (TPSA) is 118 Å². The Bertz CT molecular complexity index is 878. The molecule has 2 aromatic carbocycles. The van der Waals surface area contributed by atoms with E-state index in [-0.39, 0.29) is 26.3 Å². The predicted octanol–water partition coefficient (Wildman–Crippen LogP) is 2.22. The molecule has 0 aliphatic heterocycles. The first-order valence-electron chi connectivity index (χ1n) is 6.37. The molecule has 0 bridgehead atoms. The van der Waals surface area contributed by atoms with Gasteiger partial charge in [-0.05, 0) is 36.4 Å². The van der Waals surface area contributed by atoms with E-state index in [1.54, 1.807) is 6.07 Å². The van der Waals surface area contributed by atoms with Gasteiger partial charge in [-0.2, -0.15) is 0 Å². The summed E-state index contributed by atoms with van der Waals surface area (Å²) in [6.07, 6.45) is 0. The summed E-state index contributed by atoms with van der Waals surface area (Å²) in [5, 5.41) is 9.94. The van der Waals surface area contributed by atoms with Crippen LogP contribution in [0.4, 0.5) is 11.4 Å². The largest absolute Gasteiger partial charge is 0.318 e. The van der Waals surface area contributed by atoms with Crippen LogP contribution in [0.15, 0.2) is 47.4 Å². The summed E-state index contributed by atoms with van der Waals surface area (Å²) in [6, 6.07) is 9.61. The van der Waals surface area contributed by atoms with E-state index < -0.39 is 21.8 Å². The lowest BCUT2D eigenvalue weighted by atomic mass is 10.3. The third kappa shape index (κ3) is 4.45. The van der Waals surface area contributed by atoms with Gasteiger partial charge in [0.15, 0.2) is 0 Å². The number of benzene rings is 2. The normalized spacial score (nSPS) is 11.0. The van der Waals surface area contributed by atoms with E-state index in [1.165, 1.54) is 36.4 Å². The van der Waals surface area contributed by atoms with Crippen molar-refractivity contribution in [1.29, 1.82) is 0 Å². The molecular weight excluding hydrogens is 377 g/mol. The molecular formula is C14H11Cl2N3O4S. The van der Waals surface area contributed by atoms with Crippen LogP contribution in [0.25, 0.3) is 0 Å². The van der Waals surface area contributed by atoms with E-state index in [1.807, 2.05) is 0 Å². The van der Waals surface area contributed by atoms with Crippen LogP contribution >= 0.6 is 23.2 Å². The number of amides is 2. The van der Waals surface area contributed by atoms with Crippen LogP contribution in [0, 0.1) is 0 Å². The van der Waals surface area contributed by atoms with E-state index in [0.717, 1.165) is 0 Å². The standard InChI is InChI=1S/C14H11Cl2N3O4S/c15-10-2-1-3-11(16)12(10)19-14(21)13(20)18-8-4-6-9(7-5-8)24(17,22)23/h1-7H,(H,18,20)(H,19,21)(H2,17,22,23). The quantitative estimate of drug-likeness (QED) is 0.699. The van der Waals surface area contributed by atoms with Crippen LogP contribution in [0.2, 0.25) is 10.0 Å². The Labute approximate surface area is 147 Å². The number of hydrogen-bond acceptors (Lipinski definition) is 4. The number of nitrogens with one attached hydrogen (secondary N) is 2. The maximum Gasteiger partial charge on any atom is 0.314 e. The van der Waals surface area contributed by atoms with Crippen molar-refractivity contribution in [3.05, 3.63) is 52.5 Å². The molecule has 4 N–H and O–H groups in total. The summed E-state index contributed by atoms with van der Waals surface area (Å²) in [6.45, 7) is 0. The number of halogens is 2. The number of rotatable bonds is 3. The lowest BCUT2D eigenvalue weighted by Crippen LogP contribution is -2.29. The molecule has 0 saturated heterocycles. The molecule has 0 aromatic heterocycles. The van der Waals surface area contributed by atoms with Gasteiger partial charge in [-0.1, -0.05) is 29.3 Å². The highest BCUT2D eigenvalue weighted by molar-refractivity contribution is 7.89. The Morgan fingerprint density at radius 3 is 1.88 bits per heavy atom. The fourth-order valence-electron chi connectivity index (χ4n) is 1.70. The molecule has 0 spiro atoms. The molecule has 0 aliphatic rings. The number of carbonyl (C=O) groups excluding carboxylic acids is 2. The van der Waals surface area contributed by atoms with Crippen LogP contribution < -0.4 is 15.8 Å². The monoisotopic (exact) mass is 387 g/mol. The van der Waals surface area contributed by atoms with Gasteiger partial charge in [0.05, 0.1) is 20.6 Å². The lowest BCUT2D eigenvalue weighted by Gasteiger charge is -2.09. The molecule has 0 aliphatic carbocycles. The minimum atomic E-state index is -3.84. The second kappa shape index (κ2) is 7.18. The number of nitrogens with two attached hydrogens (primary N) is 1. The maximum atomic E-state index is 11.9. The van der Waals surface area contributed by atoms with Crippen LogP contribution in [-0.2, 0) is 19.6 Å². The molecule has 7 nitrogen and oxygen atoms in total. The summed E-state index contributed by atoms with van der Waals surface area (Å²) in [5.41, 5.74) is 0.332. The summed E-state index contributed by atoms with van der Waals surface area (Å²) in [4.78, 5) is 23.6. The average molecular weight is 388 g/mol. The van der Waals surface area contributed by atoms with E-state index in [4.69, 9.17) is 28.3 Å². The molecule has 24 heavy (non-hydrogen) atoms. The number of anilines is 2. The first kappa shape index (κ1) is 18.2. The van der Waals surface area contributed by atoms with Crippen LogP contribution in [0.5, 0.6) is 0 Å². The summed E-state index contributed by atoms with van der Waals surface area (Å²) in [5.74, 6) is -1.96. The first-order valence-corrected chi connectivity index (χ1v) is 8.68. The Morgan fingerprint density at radius 2 is 1.38 bits per heavy atom. The predicted molar refractivity (Wildman–Crippen MR) is 91.5 cm³/mol. The summed E-state index contributed by atoms with van der Waals surface area (Å²) < 4.78 is 22.3. The van der Waals surface area contributed by atoms with Crippen LogP contribution in [0.1, 0.15) is 0 Å². The van der Waals surface area contributed by atoms with Crippen molar-refractivity contribution in [2.24, 2.45) is 5.14 Å². The fourth-order valence-corrected chi connectivity index (χ4v) is 2.71. The zero-order valence-corrected chi connectivity index (χ0v) is 14.2. The van der Waals surface area contributed by atoms with Crippen molar-refractivity contribution in [3.63, 3.8) is 0 Å². The minimum absolute atomic E-state index is 0.116. The number of sulfonamides is 1. The molecule has 126 valence electrons. The smallest absolute Gasteiger partial charge is 0.314 e. The van der Waals surface area contributed by atoms with Crippen LogP contribution in [-0.4, -0.2) is 20.2 Å². The average Bonchev–Trinajstić information content (AvgIpc) is 2.50. The van der Waals surface area contributed by atoms with Crippen molar-refractivity contribution in [2.75, 3.05) is 10.6 Å². The van der Waals surface area contributed by atoms with Gasteiger partial charge in [0, 0.05) is 5.69 Å². The van der Waals surface area contributed by atoms with E-state index >= 15 is 0 Å². The third-order valence-electron chi connectivity index (χ3n) is 2.85. The second-order valence-corrected chi connectivity index (χ2v) is 6.95. The highest BCUT2D eigenvalue weighted by Gasteiger charge is 2.17. The van der Waals surface area contributed by atoms with Crippen molar-refractivity contribution in [1.82, 2.24) is 0 Å². The molecule has 0 heterocycles. The van der Waals surface area contributed by atoms with Gasteiger partial charge in [-0.3, -0.25) is 9.59 Å². The van der Waals surface area contributed by atoms with Gasteiger partial charge in [0.1, 0.15) is 0 Å². The number of carbonyl (C=O) groups is 2. The number of primary sulfonamides is 1. The molecule has 0 radical (unpaired) electrons. The molecule has 0 fully saturated rings. The van der Waals surface area contributed by atoms with E-state index in [0.29, 0.717) is 0 Å². The molecule has 10 heteroatoms. The Balaban J connectivity index is 2.08. The number of hydrogen-bond donors (Lipinski definition) is 3. The Kier molecular flexibility index (Phi) is 5.45. The minimum Gasteiger partial charge on any atom is -0.318 e. The SMILES string of the molecule is NS(=O)(=O)c1ccc(NC(=O)C(=O)Nc2c(Cl)cccc2Cl)cc1. The van der Waals surface area contributed by atoms with Gasteiger partial charge in [-0.25, -0.2) is 13.6 Å². The van der Waals surface area contributed by atoms with Gasteiger partial charge >= 0.3 is 11.8 Å². The highest BCUT2D eigenvalue weighted by Crippen LogP contribution is 2.29. The maximum absolute atomic E-state index is 11.9. The number of para-hydroxylation sites is 1. The Hall–Kier alpha value is -2.13. The van der Waals surface area contributed by atoms with Gasteiger partial charge in [0.2, 0.25) is 10.0 Å². The van der Waals surface area contributed by atoms with Gasteiger partial charge < -0.3 is 10.6 Å². The molecule has 0 saturated carbocycles. The highest BCUT2D eigenvalue weighted by atomic mass is 35.5. The third-order valence-corrected chi connectivity index (χ3v) is 4.41. The Morgan fingerprint density at radius 1 is 0.875 bits per heavy atom. The lowest BCUT2D eigenvalue weighted by molar-refractivity contribution is -0.132. The van der Waals surface area contributed by atoms with Crippen molar-refractivity contribution in [2.45, 2.75) is 4.90 Å². The molecule has 2 amide bonds. The van der Waals surface area contributed by atoms with Crippen molar-refractivity contribution in [3.8, 4) is 0 Å². The second-order valence-electron chi connectivity index (χ2n) is 4.57. The van der Waals surface area contributed by atoms with Crippen molar-refractivity contribution < 1.29 is 18.0 Å². The van der Waals surface area contributed by atoms with Crippen molar-refractivity contribution >= 4 is 56.4 Å².